The monoisotopic (exact) mass is 217 g/mol. The number of H-pyrrole nitrogens is 1. The first-order valence-corrected chi connectivity index (χ1v) is 5.81. The molecular weight excluding hydrogens is 206 g/mol. The number of nitrogens with one attached hydrogen (secondary N) is 1. The van der Waals surface area contributed by atoms with Crippen LogP contribution in [0.3, 0.4) is 0 Å². The van der Waals surface area contributed by atoms with Crippen LogP contribution in [0.15, 0.2) is 23.7 Å². The van der Waals surface area contributed by atoms with E-state index in [-0.39, 0.29) is 0 Å². The lowest BCUT2D eigenvalue weighted by Crippen LogP contribution is -2.04. The Morgan fingerprint density at radius 3 is 3.20 bits per heavy atom. The number of pyridine rings is 1. The number of hydrogen-bond donors (Lipinski definition) is 2. The van der Waals surface area contributed by atoms with Crippen LogP contribution in [0.5, 0.6) is 0 Å². The van der Waals surface area contributed by atoms with Crippen molar-refractivity contribution in [2.75, 3.05) is 6.54 Å². The van der Waals surface area contributed by atoms with Crippen molar-refractivity contribution < 1.29 is 0 Å². The summed E-state index contributed by atoms with van der Waals surface area (Å²) < 4.78 is 1.31. The van der Waals surface area contributed by atoms with E-state index < -0.39 is 0 Å². The molecule has 0 fully saturated rings. The molecule has 0 amide bonds. The van der Waals surface area contributed by atoms with Crippen molar-refractivity contribution in [2.45, 2.75) is 6.42 Å². The molecule has 0 aliphatic rings. The van der Waals surface area contributed by atoms with Crippen molar-refractivity contribution in [1.82, 2.24) is 9.97 Å². The number of aromatic amines is 1. The largest absolute Gasteiger partial charge is 0.352 e. The molecule has 3 nitrogen and oxygen atoms in total. The van der Waals surface area contributed by atoms with Crippen LogP contribution < -0.4 is 5.73 Å². The summed E-state index contributed by atoms with van der Waals surface area (Å²) in [6.45, 7) is 0.638. The van der Waals surface area contributed by atoms with Gasteiger partial charge in [-0.15, -0.1) is 11.3 Å². The minimum atomic E-state index is 0.638. The van der Waals surface area contributed by atoms with Gasteiger partial charge in [0.25, 0.3) is 0 Å². The minimum absolute atomic E-state index is 0.638. The van der Waals surface area contributed by atoms with Gasteiger partial charge in [-0.2, -0.15) is 0 Å². The van der Waals surface area contributed by atoms with E-state index in [1.807, 2.05) is 6.20 Å². The third kappa shape index (κ3) is 1.26. The molecule has 3 N–H and O–H groups in total. The fraction of sp³-hybridized carbons (Fsp3) is 0.182. The van der Waals surface area contributed by atoms with E-state index in [1.54, 1.807) is 11.3 Å². The van der Waals surface area contributed by atoms with Crippen LogP contribution in [0.4, 0.5) is 0 Å². The molecular formula is C11H11N3S. The average molecular weight is 217 g/mol. The van der Waals surface area contributed by atoms with E-state index in [0.29, 0.717) is 6.54 Å². The highest BCUT2D eigenvalue weighted by Crippen LogP contribution is 2.30. The summed E-state index contributed by atoms with van der Waals surface area (Å²) in [5, 5.41) is 3.36. The standard InChI is InChI=1S/C11H11N3S/c12-4-1-8-10-7(2-5-13-8)11-9(14-10)3-6-15-11/h2-3,5-6,14H,1,4,12H2. The van der Waals surface area contributed by atoms with Crippen molar-refractivity contribution in [3.8, 4) is 0 Å². The quantitative estimate of drug-likeness (QED) is 0.692. The molecule has 0 radical (unpaired) electrons. The molecule has 3 rings (SSSR count). The predicted octanol–water partition coefficient (Wildman–Crippen LogP) is 2.28. The predicted molar refractivity (Wildman–Crippen MR) is 64.2 cm³/mol. The molecule has 3 aromatic rings. The van der Waals surface area contributed by atoms with Crippen LogP contribution in [0.25, 0.3) is 21.1 Å². The summed E-state index contributed by atoms with van der Waals surface area (Å²) >= 11 is 1.76. The molecule has 76 valence electrons. The number of thiophene rings is 1. The third-order valence-electron chi connectivity index (χ3n) is 2.58. The number of rotatable bonds is 2. The highest BCUT2D eigenvalue weighted by molar-refractivity contribution is 7.18. The van der Waals surface area contributed by atoms with Crippen molar-refractivity contribution in [2.24, 2.45) is 5.73 Å². The third-order valence-corrected chi connectivity index (χ3v) is 3.53. The number of aromatic nitrogens is 2. The summed E-state index contributed by atoms with van der Waals surface area (Å²) in [5.41, 5.74) is 8.98. The fourth-order valence-electron chi connectivity index (χ4n) is 1.91. The van der Waals surface area contributed by atoms with Gasteiger partial charge in [0.2, 0.25) is 0 Å². The summed E-state index contributed by atoms with van der Waals surface area (Å²) in [5.74, 6) is 0. The zero-order valence-corrected chi connectivity index (χ0v) is 8.97. The maximum absolute atomic E-state index is 5.57. The van der Waals surface area contributed by atoms with Gasteiger partial charge in [0.1, 0.15) is 0 Å². The Kier molecular flexibility index (Phi) is 1.97. The summed E-state index contributed by atoms with van der Waals surface area (Å²) in [6.07, 6.45) is 2.69. The van der Waals surface area contributed by atoms with Crippen LogP contribution in [-0.2, 0) is 6.42 Å². The van der Waals surface area contributed by atoms with Crippen molar-refractivity contribution in [3.05, 3.63) is 29.4 Å². The average Bonchev–Trinajstić information content (AvgIpc) is 2.79. The Hall–Kier alpha value is -1.39. The topological polar surface area (TPSA) is 54.7 Å². The molecule has 3 heterocycles. The van der Waals surface area contributed by atoms with Crippen LogP contribution in [0.2, 0.25) is 0 Å². The first-order valence-electron chi connectivity index (χ1n) is 4.93. The highest BCUT2D eigenvalue weighted by atomic mass is 32.1. The lowest BCUT2D eigenvalue weighted by molar-refractivity contribution is 0.932. The maximum Gasteiger partial charge on any atom is 0.0693 e. The van der Waals surface area contributed by atoms with Crippen LogP contribution in [0.1, 0.15) is 5.69 Å². The molecule has 0 saturated carbocycles. The number of nitrogens with two attached hydrogens (primary N) is 1. The lowest BCUT2D eigenvalue weighted by Gasteiger charge is -1.98. The SMILES string of the molecule is NCCc1nccc2c1[nH]c1ccsc12. The summed E-state index contributed by atoms with van der Waals surface area (Å²) in [4.78, 5) is 7.77. The van der Waals surface area contributed by atoms with Gasteiger partial charge in [0.15, 0.2) is 0 Å². The van der Waals surface area contributed by atoms with Crippen molar-refractivity contribution in [1.29, 1.82) is 0 Å². The Bertz CT molecular complexity index is 608. The van der Waals surface area contributed by atoms with E-state index in [9.17, 15) is 0 Å². The first kappa shape index (κ1) is 8.88. The van der Waals surface area contributed by atoms with E-state index in [1.165, 1.54) is 15.6 Å². The molecule has 0 bridgehead atoms. The lowest BCUT2D eigenvalue weighted by atomic mass is 10.2. The Morgan fingerprint density at radius 2 is 2.33 bits per heavy atom. The van der Waals surface area contributed by atoms with Gasteiger partial charge in [-0.25, -0.2) is 0 Å². The molecule has 0 aliphatic carbocycles. The maximum atomic E-state index is 5.57. The zero-order valence-electron chi connectivity index (χ0n) is 8.16. The van der Waals surface area contributed by atoms with Gasteiger partial charge in [-0.3, -0.25) is 4.98 Å². The normalized spacial score (nSPS) is 11.5. The van der Waals surface area contributed by atoms with Gasteiger partial charge in [0.05, 0.1) is 21.4 Å². The smallest absolute Gasteiger partial charge is 0.0693 e. The van der Waals surface area contributed by atoms with E-state index in [4.69, 9.17) is 5.73 Å². The highest BCUT2D eigenvalue weighted by Gasteiger charge is 2.08. The van der Waals surface area contributed by atoms with Crippen LogP contribution in [-0.4, -0.2) is 16.5 Å². The second-order valence-electron chi connectivity index (χ2n) is 3.51. The Labute approximate surface area is 90.9 Å². The van der Waals surface area contributed by atoms with Crippen molar-refractivity contribution >= 4 is 32.5 Å². The molecule has 3 aromatic heterocycles. The molecule has 0 aliphatic heterocycles. The van der Waals surface area contributed by atoms with Gasteiger partial charge >= 0.3 is 0 Å². The van der Waals surface area contributed by atoms with Gasteiger partial charge in [-0.05, 0) is 24.1 Å². The first-order chi connectivity index (χ1) is 7.40. The molecule has 0 atom stereocenters. The van der Waals surface area contributed by atoms with E-state index in [2.05, 4.69) is 27.5 Å². The summed E-state index contributed by atoms with van der Waals surface area (Å²) in [7, 11) is 0. The van der Waals surface area contributed by atoms with E-state index >= 15 is 0 Å². The zero-order chi connectivity index (χ0) is 10.3. The molecule has 0 aromatic carbocycles. The van der Waals surface area contributed by atoms with E-state index in [0.717, 1.165) is 17.6 Å². The molecule has 0 unspecified atom stereocenters. The molecule has 15 heavy (non-hydrogen) atoms. The summed E-state index contributed by atoms with van der Waals surface area (Å²) in [6, 6.07) is 4.16. The number of fused-ring (bicyclic) bond motifs is 3. The fourth-order valence-corrected chi connectivity index (χ4v) is 2.79. The van der Waals surface area contributed by atoms with Crippen molar-refractivity contribution in [3.63, 3.8) is 0 Å². The molecule has 0 spiro atoms. The van der Waals surface area contributed by atoms with Crippen LogP contribution >= 0.6 is 11.3 Å². The number of hydrogen-bond acceptors (Lipinski definition) is 3. The van der Waals surface area contributed by atoms with Gasteiger partial charge < -0.3 is 10.7 Å². The second kappa shape index (κ2) is 3.32. The number of nitrogens with zero attached hydrogens (tertiary/aromatic N) is 1. The second-order valence-corrected chi connectivity index (χ2v) is 4.42. The Balaban J connectivity index is 2.38. The van der Waals surface area contributed by atoms with Crippen LogP contribution in [0, 0.1) is 0 Å². The van der Waals surface area contributed by atoms with Gasteiger partial charge in [-0.1, -0.05) is 0 Å². The Morgan fingerprint density at radius 1 is 1.40 bits per heavy atom. The van der Waals surface area contributed by atoms with Gasteiger partial charge in [0, 0.05) is 18.0 Å². The minimum Gasteiger partial charge on any atom is -0.352 e. The molecule has 4 heteroatoms. The molecule has 0 saturated heterocycles.